The van der Waals surface area contributed by atoms with Crippen LogP contribution in [-0.4, -0.2) is 24.9 Å². The first-order chi connectivity index (χ1) is 5.04. The molecular formula is C3H5N5O3. The predicted molar refractivity (Wildman–Crippen MR) is 31.1 cm³/mol. The number of aromatic nitrogens is 3. The van der Waals surface area contributed by atoms with Crippen LogP contribution in [0, 0.1) is 5.41 Å². The van der Waals surface area contributed by atoms with Crippen molar-refractivity contribution >= 4 is 5.95 Å². The molecule has 0 fully saturated rings. The molecule has 1 aromatic rings. The molecule has 0 bridgehead atoms. The molecule has 1 rings (SSSR count). The second-order valence-corrected chi connectivity index (χ2v) is 1.70. The molecule has 8 heteroatoms. The maximum atomic E-state index is 10.6. The number of hydrogen-bond donors (Lipinski definition) is 4. The van der Waals surface area contributed by atoms with Gasteiger partial charge in [0.15, 0.2) is 0 Å². The zero-order valence-electron chi connectivity index (χ0n) is 5.22. The van der Waals surface area contributed by atoms with E-state index in [0.29, 0.717) is 0 Å². The maximum Gasteiger partial charge on any atom is 0.400 e. The quantitative estimate of drug-likeness (QED) is 0.313. The van der Waals surface area contributed by atoms with Gasteiger partial charge in [-0.25, -0.2) is 4.79 Å². The topological polar surface area (TPSA) is 130 Å². The second kappa shape index (κ2) is 2.01. The number of nitrogen functional groups attached to an aromatic ring is 1. The summed E-state index contributed by atoms with van der Waals surface area (Å²) in [7, 11) is 0. The lowest BCUT2D eigenvalue weighted by atomic mass is 10.9. The molecular weight excluding hydrogens is 154 g/mol. The third-order valence-electron chi connectivity index (χ3n) is 1.00. The van der Waals surface area contributed by atoms with Gasteiger partial charge >= 0.3 is 5.69 Å². The van der Waals surface area contributed by atoms with Crippen molar-refractivity contribution in [3.63, 3.8) is 0 Å². The molecule has 0 aromatic carbocycles. The summed E-state index contributed by atoms with van der Waals surface area (Å²) in [4.78, 5) is 13.7. The normalized spacial score (nSPS) is 9.82. The Morgan fingerprint density at radius 3 is 2.55 bits per heavy atom. The Balaban J connectivity index is 3.74. The molecule has 0 spiro atoms. The fourth-order valence-electron chi connectivity index (χ4n) is 0.482. The van der Waals surface area contributed by atoms with Gasteiger partial charge in [0, 0.05) is 0 Å². The second-order valence-electron chi connectivity index (χ2n) is 1.70. The number of nitrogens with zero attached hydrogens (tertiary/aromatic N) is 3. The van der Waals surface area contributed by atoms with Gasteiger partial charge in [0.05, 0.1) is 0 Å². The third-order valence-corrected chi connectivity index (χ3v) is 1.00. The van der Waals surface area contributed by atoms with E-state index in [0.717, 1.165) is 0 Å². The van der Waals surface area contributed by atoms with Crippen LogP contribution in [0.25, 0.3) is 0 Å². The summed E-state index contributed by atoms with van der Waals surface area (Å²) in [6.45, 7) is 0. The Morgan fingerprint density at radius 2 is 2.00 bits per heavy atom. The third kappa shape index (κ3) is 0.892. The highest BCUT2D eigenvalue weighted by atomic mass is 16.5. The highest BCUT2D eigenvalue weighted by Gasteiger charge is 2.04. The first-order valence-electron chi connectivity index (χ1n) is 2.48. The molecule has 0 aliphatic rings. The first kappa shape index (κ1) is 7.12. The Bertz CT molecular complexity index is 389. The number of hydrogen-bond acceptors (Lipinski definition) is 6. The largest absolute Gasteiger partial charge is 0.421 e. The minimum absolute atomic E-state index is 0.0714. The summed E-state index contributed by atoms with van der Waals surface area (Å²) in [5.74, 6) is -0.551. The van der Waals surface area contributed by atoms with Crippen LogP contribution in [-0.2, 0) is 0 Å². The Hall–Kier alpha value is -1.99. The molecule has 5 N–H and O–H groups in total. The van der Waals surface area contributed by atoms with Crippen LogP contribution >= 0.6 is 0 Å². The van der Waals surface area contributed by atoms with Crippen LogP contribution in [0.4, 0.5) is 5.95 Å². The lowest BCUT2D eigenvalue weighted by Gasteiger charge is -2.00. The van der Waals surface area contributed by atoms with Gasteiger partial charge in [0.1, 0.15) is 0 Å². The molecule has 0 radical (unpaired) electrons. The molecule has 0 amide bonds. The SMILES string of the molecule is N=c1nc(N)n(O)c(=O)n1O. The zero-order valence-corrected chi connectivity index (χ0v) is 5.22. The van der Waals surface area contributed by atoms with Crippen molar-refractivity contribution in [1.82, 2.24) is 14.4 Å². The fourth-order valence-corrected chi connectivity index (χ4v) is 0.482. The van der Waals surface area contributed by atoms with E-state index in [2.05, 4.69) is 4.98 Å². The summed E-state index contributed by atoms with van der Waals surface area (Å²) in [5.41, 5.74) is 2.98. The number of nitrogens with two attached hydrogens (primary N) is 1. The molecule has 0 aliphatic heterocycles. The fraction of sp³-hybridized carbons (Fsp3) is 0. The van der Waals surface area contributed by atoms with E-state index in [1.807, 2.05) is 0 Å². The van der Waals surface area contributed by atoms with Crippen molar-refractivity contribution < 1.29 is 10.4 Å². The molecule has 0 saturated carbocycles. The monoisotopic (exact) mass is 159 g/mol. The zero-order chi connectivity index (χ0) is 8.59. The lowest BCUT2D eigenvalue weighted by Crippen LogP contribution is -2.41. The summed E-state index contributed by atoms with van der Waals surface area (Å²) < 4.78 is -0.214. The van der Waals surface area contributed by atoms with Crippen LogP contribution in [0.15, 0.2) is 4.79 Å². The molecule has 0 saturated heterocycles. The Kier molecular flexibility index (Phi) is 1.30. The lowest BCUT2D eigenvalue weighted by molar-refractivity contribution is 0.0957. The van der Waals surface area contributed by atoms with Crippen molar-refractivity contribution in [2.45, 2.75) is 0 Å². The van der Waals surface area contributed by atoms with Crippen LogP contribution in [0.3, 0.4) is 0 Å². The number of anilines is 1. The van der Waals surface area contributed by atoms with Crippen molar-refractivity contribution in [2.75, 3.05) is 5.73 Å². The smallest absolute Gasteiger partial charge is 0.400 e. The highest BCUT2D eigenvalue weighted by Crippen LogP contribution is 1.79. The van der Waals surface area contributed by atoms with Crippen molar-refractivity contribution in [3.05, 3.63) is 16.1 Å². The molecule has 0 atom stereocenters. The minimum atomic E-state index is -1.23. The average Bonchev–Trinajstić information content (AvgIpc) is 1.97. The van der Waals surface area contributed by atoms with Crippen LogP contribution in [0.5, 0.6) is 0 Å². The summed E-state index contributed by atoms with van der Waals surface area (Å²) in [6, 6.07) is 0. The summed E-state index contributed by atoms with van der Waals surface area (Å²) in [6.07, 6.45) is 0. The van der Waals surface area contributed by atoms with E-state index in [4.69, 9.17) is 21.6 Å². The van der Waals surface area contributed by atoms with E-state index in [9.17, 15) is 4.79 Å². The predicted octanol–water partition coefficient (Wildman–Crippen LogP) is -2.42. The van der Waals surface area contributed by atoms with E-state index in [-0.39, 0.29) is 9.46 Å². The molecule has 60 valence electrons. The van der Waals surface area contributed by atoms with Gasteiger partial charge in [-0.15, -0.1) is 0 Å². The molecule has 0 unspecified atom stereocenters. The van der Waals surface area contributed by atoms with Crippen molar-refractivity contribution in [2.24, 2.45) is 0 Å². The summed E-state index contributed by atoms with van der Waals surface area (Å²) >= 11 is 0. The molecule has 1 heterocycles. The van der Waals surface area contributed by atoms with E-state index < -0.39 is 17.3 Å². The molecule has 8 nitrogen and oxygen atoms in total. The maximum absolute atomic E-state index is 10.6. The van der Waals surface area contributed by atoms with Gasteiger partial charge < -0.3 is 16.1 Å². The van der Waals surface area contributed by atoms with Gasteiger partial charge in [0.25, 0.3) is 5.62 Å². The van der Waals surface area contributed by atoms with E-state index >= 15 is 0 Å². The summed E-state index contributed by atoms with van der Waals surface area (Å²) in [5, 5.41) is 24.1. The highest BCUT2D eigenvalue weighted by molar-refractivity contribution is 5.10. The standard InChI is InChI=1S/C3H5N5O3/c4-1-6-2(5)8(11)3(9)7(1)10/h10-11H,(H3,4,5,6). The van der Waals surface area contributed by atoms with Gasteiger partial charge in [-0.05, 0) is 0 Å². The molecule has 1 aromatic heterocycles. The van der Waals surface area contributed by atoms with E-state index in [1.54, 1.807) is 0 Å². The number of nitrogens with one attached hydrogen (secondary N) is 1. The van der Waals surface area contributed by atoms with E-state index in [1.165, 1.54) is 0 Å². The molecule has 11 heavy (non-hydrogen) atoms. The van der Waals surface area contributed by atoms with Crippen molar-refractivity contribution in [3.8, 4) is 0 Å². The van der Waals surface area contributed by atoms with Gasteiger partial charge in [-0.1, -0.05) is 9.46 Å². The first-order valence-corrected chi connectivity index (χ1v) is 2.48. The van der Waals surface area contributed by atoms with Gasteiger partial charge in [-0.3, -0.25) is 5.41 Å². The average molecular weight is 159 g/mol. The molecule has 0 aliphatic carbocycles. The van der Waals surface area contributed by atoms with Crippen LogP contribution in [0.1, 0.15) is 0 Å². The van der Waals surface area contributed by atoms with Gasteiger partial charge in [0.2, 0.25) is 5.95 Å². The van der Waals surface area contributed by atoms with Crippen molar-refractivity contribution in [1.29, 1.82) is 5.41 Å². The number of rotatable bonds is 0. The minimum Gasteiger partial charge on any atom is -0.421 e. The van der Waals surface area contributed by atoms with Crippen LogP contribution in [0.2, 0.25) is 0 Å². The Labute approximate surface area is 59.2 Å². The van der Waals surface area contributed by atoms with Gasteiger partial charge in [-0.2, -0.15) is 4.98 Å². The Morgan fingerprint density at radius 1 is 1.45 bits per heavy atom. The van der Waals surface area contributed by atoms with Crippen LogP contribution < -0.4 is 17.0 Å².